The van der Waals surface area contributed by atoms with E-state index >= 15 is 0 Å². The summed E-state index contributed by atoms with van der Waals surface area (Å²) in [6.07, 6.45) is 7.11. The Labute approximate surface area is 89.8 Å². The van der Waals surface area contributed by atoms with E-state index in [0.29, 0.717) is 18.6 Å². The molecule has 0 saturated carbocycles. The molecule has 0 bridgehead atoms. The zero-order valence-corrected chi connectivity index (χ0v) is 9.07. The minimum Gasteiger partial charge on any atom is -0.299 e. The van der Waals surface area contributed by atoms with E-state index in [1.165, 1.54) is 11.3 Å². The molecule has 0 aromatic carbocycles. The first-order chi connectivity index (χ1) is 7.31. The third kappa shape index (κ3) is 2.17. The standard InChI is InChI=1S/C12H16N2O/c1-2-9-14-12(7-8-13-14)10-3-5-11(15)6-4-10/h3,7-8H,2,4-6,9H2,1H3. The van der Waals surface area contributed by atoms with Gasteiger partial charge in [-0.25, -0.2) is 0 Å². The molecule has 1 aliphatic carbocycles. The van der Waals surface area contributed by atoms with Gasteiger partial charge in [0.25, 0.3) is 0 Å². The Bertz CT molecular complexity index is 390. The van der Waals surface area contributed by atoms with Crippen molar-refractivity contribution in [2.24, 2.45) is 0 Å². The number of Topliss-reactive ketones (excluding diaryl/α,β-unsaturated/α-hetero) is 1. The van der Waals surface area contributed by atoms with Crippen molar-refractivity contribution in [1.82, 2.24) is 9.78 Å². The van der Waals surface area contributed by atoms with Gasteiger partial charge in [-0.3, -0.25) is 9.48 Å². The first-order valence-corrected chi connectivity index (χ1v) is 5.54. The van der Waals surface area contributed by atoms with Gasteiger partial charge in [-0.05, 0) is 24.5 Å². The van der Waals surface area contributed by atoms with Crippen LogP contribution in [0, 0.1) is 0 Å². The average molecular weight is 204 g/mol. The van der Waals surface area contributed by atoms with E-state index in [-0.39, 0.29) is 0 Å². The maximum atomic E-state index is 11.1. The highest BCUT2D eigenvalue weighted by Crippen LogP contribution is 2.24. The maximum Gasteiger partial charge on any atom is 0.137 e. The van der Waals surface area contributed by atoms with Crippen molar-refractivity contribution in [3.05, 3.63) is 24.0 Å². The molecule has 1 aromatic rings. The third-order valence-corrected chi connectivity index (χ3v) is 2.73. The van der Waals surface area contributed by atoms with E-state index in [1.54, 1.807) is 0 Å². The van der Waals surface area contributed by atoms with E-state index in [4.69, 9.17) is 0 Å². The summed E-state index contributed by atoms with van der Waals surface area (Å²) in [6.45, 7) is 3.10. The van der Waals surface area contributed by atoms with E-state index in [9.17, 15) is 4.79 Å². The number of allylic oxidation sites excluding steroid dienone is 2. The lowest BCUT2D eigenvalue weighted by Gasteiger charge is -2.13. The summed E-state index contributed by atoms with van der Waals surface area (Å²) in [4.78, 5) is 11.1. The molecule has 1 aliphatic rings. The summed E-state index contributed by atoms with van der Waals surface area (Å²) in [7, 11) is 0. The molecule has 0 atom stereocenters. The highest BCUT2D eigenvalue weighted by molar-refractivity contribution is 5.86. The zero-order chi connectivity index (χ0) is 10.7. The van der Waals surface area contributed by atoms with Crippen molar-refractivity contribution < 1.29 is 4.79 Å². The van der Waals surface area contributed by atoms with Gasteiger partial charge in [0.1, 0.15) is 5.78 Å². The summed E-state index contributed by atoms with van der Waals surface area (Å²) in [5.74, 6) is 0.348. The summed E-state index contributed by atoms with van der Waals surface area (Å²) >= 11 is 0. The topological polar surface area (TPSA) is 34.9 Å². The smallest absolute Gasteiger partial charge is 0.137 e. The van der Waals surface area contributed by atoms with Crippen LogP contribution in [0.25, 0.3) is 5.57 Å². The number of carbonyl (C=O) groups excluding carboxylic acids is 1. The first kappa shape index (κ1) is 10.1. The molecule has 0 unspecified atom stereocenters. The van der Waals surface area contributed by atoms with Crippen molar-refractivity contribution >= 4 is 11.4 Å². The lowest BCUT2D eigenvalue weighted by Crippen LogP contribution is -2.08. The zero-order valence-electron chi connectivity index (χ0n) is 9.07. The van der Waals surface area contributed by atoms with Crippen LogP contribution in [0.4, 0.5) is 0 Å². The number of aromatic nitrogens is 2. The predicted octanol–water partition coefficient (Wildman–Crippen LogP) is 2.43. The summed E-state index contributed by atoms with van der Waals surface area (Å²) in [6, 6.07) is 2.04. The summed E-state index contributed by atoms with van der Waals surface area (Å²) in [5, 5.41) is 4.29. The molecule has 1 aromatic heterocycles. The monoisotopic (exact) mass is 204 g/mol. The number of hydrogen-bond donors (Lipinski definition) is 0. The number of nitrogens with zero attached hydrogens (tertiary/aromatic N) is 2. The lowest BCUT2D eigenvalue weighted by atomic mass is 9.96. The average Bonchev–Trinajstić information content (AvgIpc) is 2.68. The SMILES string of the molecule is CCCn1nccc1C1=CCC(=O)CC1. The van der Waals surface area contributed by atoms with Gasteiger partial charge in [-0.2, -0.15) is 5.10 Å². The van der Waals surface area contributed by atoms with Crippen LogP contribution in [-0.2, 0) is 11.3 Å². The normalized spacial score (nSPS) is 16.6. The van der Waals surface area contributed by atoms with Crippen molar-refractivity contribution in [3.63, 3.8) is 0 Å². The number of aryl methyl sites for hydroxylation is 1. The van der Waals surface area contributed by atoms with Gasteiger partial charge in [-0.1, -0.05) is 13.0 Å². The molecule has 0 fully saturated rings. The molecule has 1 heterocycles. The molecule has 0 N–H and O–H groups in total. The van der Waals surface area contributed by atoms with Crippen LogP contribution < -0.4 is 0 Å². The highest BCUT2D eigenvalue weighted by Gasteiger charge is 2.14. The van der Waals surface area contributed by atoms with Crippen molar-refractivity contribution in [1.29, 1.82) is 0 Å². The largest absolute Gasteiger partial charge is 0.299 e. The van der Waals surface area contributed by atoms with E-state index in [2.05, 4.69) is 18.1 Å². The number of rotatable bonds is 3. The lowest BCUT2D eigenvalue weighted by molar-refractivity contribution is -0.118. The molecule has 0 radical (unpaired) electrons. The van der Waals surface area contributed by atoms with Crippen LogP contribution in [0.5, 0.6) is 0 Å². The van der Waals surface area contributed by atoms with Crippen LogP contribution in [0.1, 0.15) is 38.3 Å². The Hall–Kier alpha value is -1.38. The Kier molecular flexibility index (Phi) is 2.99. The van der Waals surface area contributed by atoms with Crippen LogP contribution in [-0.4, -0.2) is 15.6 Å². The molecule has 0 aliphatic heterocycles. The fourth-order valence-corrected chi connectivity index (χ4v) is 1.94. The van der Waals surface area contributed by atoms with Crippen molar-refractivity contribution in [2.75, 3.05) is 0 Å². The minimum absolute atomic E-state index is 0.348. The Balaban J connectivity index is 2.21. The molecule has 15 heavy (non-hydrogen) atoms. The summed E-state index contributed by atoms with van der Waals surface area (Å²) < 4.78 is 2.03. The predicted molar refractivity (Wildman–Crippen MR) is 59.4 cm³/mol. The number of carbonyl (C=O) groups is 1. The van der Waals surface area contributed by atoms with Crippen LogP contribution in [0.3, 0.4) is 0 Å². The Morgan fingerprint density at radius 3 is 3.00 bits per heavy atom. The second-order valence-corrected chi connectivity index (χ2v) is 3.91. The molecule has 0 spiro atoms. The van der Waals surface area contributed by atoms with Gasteiger partial charge in [0.2, 0.25) is 0 Å². The molecule has 80 valence electrons. The molecular formula is C12H16N2O. The van der Waals surface area contributed by atoms with Gasteiger partial charge in [0, 0.05) is 25.6 Å². The van der Waals surface area contributed by atoms with Crippen molar-refractivity contribution in [3.8, 4) is 0 Å². The third-order valence-electron chi connectivity index (χ3n) is 2.73. The second kappa shape index (κ2) is 4.43. The van der Waals surface area contributed by atoms with E-state index in [0.717, 1.165) is 19.4 Å². The van der Waals surface area contributed by atoms with E-state index in [1.807, 2.05) is 16.9 Å². The van der Waals surface area contributed by atoms with E-state index < -0.39 is 0 Å². The van der Waals surface area contributed by atoms with Crippen LogP contribution in [0.2, 0.25) is 0 Å². The number of ketones is 1. The maximum absolute atomic E-state index is 11.1. The molecule has 0 saturated heterocycles. The van der Waals surface area contributed by atoms with Gasteiger partial charge >= 0.3 is 0 Å². The Morgan fingerprint density at radius 1 is 1.47 bits per heavy atom. The Morgan fingerprint density at radius 2 is 2.33 bits per heavy atom. The first-order valence-electron chi connectivity index (χ1n) is 5.54. The molecular weight excluding hydrogens is 188 g/mol. The molecule has 3 nitrogen and oxygen atoms in total. The molecule has 0 amide bonds. The van der Waals surface area contributed by atoms with Crippen molar-refractivity contribution in [2.45, 2.75) is 39.2 Å². The minimum atomic E-state index is 0.348. The van der Waals surface area contributed by atoms with Gasteiger partial charge in [0.05, 0.1) is 5.69 Å². The van der Waals surface area contributed by atoms with Gasteiger partial charge in [-0.15, -0.1) is 0 Å². The quantitative estimate of drug-likeness (QED) is 0.758. The van der Waals surface area contributed by atoms with Gasteiger partial charge in [0.15, 0.2) is 0 Å². The second-order valence-electron chi connectivity index (χ2n) is 3.91. The molecule has 3 heteroatoms. The number of hydrogen-bond acceptors (Lipinski definition) is 2. The fraction of sp³-hybridized carbons (Fsp3) is 0.500. The van der Waals surface area contributed by atoms with Gasteiger partial charge < -0.3 is 0 Å². The van der Waals surface area contributed by atoms with Crippen LogP contribution in [0.15, 0.2) is 18.3 Å². The fourth-order valence-electron chi connectivity index (χ4n) is 1.94. The highest BCUT2D eigenvalue weighted by atomic mass is 16.1. The molecule has 2 rings (SSSR count). The summed E-state index contributed by atoms with van der Waals surface area (Å²) in [5.41, 5.74) is 2.46. The van der Waals surface area contributed by atoms with Crippen LogP contribution >= 0.6 is 0 Å².